The van der Waals surface area contributed by atoms with E-state index in [0.29, 0.717) is 5.56 Å². The third kappa shape index (κ3) is 4.13. The Hall–Kier alpha value is -2.01. The molecule has 136 valence electrons. The molecule has 0 saturated carbocycles. The number of halogens is 1. The van der Waals surface area contributed by atoms with Crippen molar-refractivity contribution >= 4 is 33.5 Å². The number of likely N-dealkylation sites (tertiary alicyclic amines) is 1. The average molecular weight is 469 g/mol. The maximum atomic E-state index is 9.67. The van der Waals surface area contributed by atoms with Gasteiger partial charge in [0, 0.05) is 25.0 Å². The molecule has 0 amide bonds. The Morgan fingerprint density at radius 3 is 2.67 bits per heavy atom. The number of aromatic nitrogens is 1. The fourth-order valence-electron chi connectivity index (χ4n) is 3.59. The molecule has 4 nitrogen and oxygen atoms in total. The highest BCUT2D eigenvalue weighted by Gasteiger charge is 2.17. The molecular weight excluding hydrogens is 449 g/mol. The summed E-state index contributed by atoms with van der Waals surface area (Å²) in [5.41, 5.74) is 5.11. The first-order chi connectivity index (χ1) is 13.1. The van der Waals surface area contributed by atoms with Gasteiger partial charge in [0.15, 0.2) is 0 Å². The largest absolute Gasteiger partial charge is 0.393 e. The van der Waals surface area contributed by atoms with Gasteiger partial charge in [-0.15, -0.1) is 0 Å². The third-order valence-corrected chi connectivity index (χ3v) is 5.94. The zero-order valence-corrected chi connectivity index (χ0v) is 17.1. The second-order valence-corrected chi connectivity index (χ2v) is 8.08. The molecule has 5 heteroatoms. The van der Waals surface area contributed by atoms with Crippen molar-refractivity contribution < 1.29 is 5.11 Å². The molecule has 0 unspecified atom stereocenters. The number of pyridine rings is 1. The summed E-state index contributed by atoms with van der Waals surface area (Å²) in [4.78, 5) is 6.99. The van der Waals surface area contributed by atoms with E-state index in [2.05, 4.69) is 74.9 Å². The molecule has 3 aromatic rings. The molecule has 0 aliphatic carbocycles. The maximum Gasteiger partial charge on any atom is 0.119 e. The summed E-state index contributed by atoms with van der Waals surface area (Å²) in [7, 11) is 0. The van der Waals surface area contributed by atoms with Crippen LogP contribution in [0.4, 0.5) is 0 Å². The lowest BCUT2D eigenvalue weighted by molar-refractivity contribution is 0.0792. The van der Waals surface area contributed by atoms with Crippen LogP contribution in [0.1, 0.15) is 24.0 Å². The fourth-order valence-corrected chi connectivity index (χ4v) is 4.12. The predicted octanol–water partition coefficient (Wildman–Crippen LogP) is 4.33. The Morgan fingerprint density at radius 1 is 1.11 bits per heavy atom. The van der Waals surface area contributed by atoms with Crippen LogP contribution in [0.5, 0.6) is 0 Å². The lowest BCUT2D eigenvalue weighted by Gasteiger charge is -2.29. The average Bonchev–Trinajstić information content (AvgIpc) is 2.69. The minimum absolute atomic E-state index is 0.137. The van der Waals surface area contributed by atoms with Crippen LogP contribution in [0.3, 0.4) is 0 Å². The number of nitrogens with zero attached hydrogens (tertiary/aromatic N) is 3. The molecular formula is C22H20IN3O. The van der Waals surface area contributed by atoms with E-state index in [4.69, 9.17) is 0 Å². The van der Waals surface area contributed by atoms with Gasteiger partial charge in [0.2, 0.25) is 0 Å². The molecule has 1 saturated heterocycles. The third-order valence-electron chi connectivity index (χ3n) is 5.12. The highest BCUT2D eigenvalue weighted by atomic mass is 127. The van der Waals surface area contributed by atoms with Gasteiger partial charge >= 0.3 is 0 Å². The molecule has 1 aromatic heterocycles. The van der Waals surface area contributed by atoms with Gasteiger partial charge in [-0.2, -0.15) is 5.26 Å². The molecule has 1 aliphatic rings. The summed E-state index contributed by atoms with van der Waals surface area (Å²) < 4.78 is 0.737. The van der Waals surface area contributed by atoms with E-state index in [-0.39, 0.29) is 6.10 Å². The summed E-state index contributed by atoms with van der Waals surface area (Å²) in [6.45, 7) is 2.81. The van der Waals surface area contributed by atoms with Crippen LogP contribution >= 0.6 is 22.6 Å². The standard InChI is InChI=1S/C22H20IN3O/c23-22-19(13-24)11-18-5-4-17(12-21(18)25-22)16-3-1-2-15(10-16)14-26-8-6-20(27)7-9-26/h1-5,10-12,20,27H,6-9,14H2. The number of hydrogen-bond donors (Lipinski definition) is 1. The molecule has 4 rings (SSSR count). The number of rotatable bonds is 3. The van der Waals surface area contributed by atoms with Gasteiger partial charge in [-0.1, -0.05) is 30.3 Å². The molecule has 2 heterocycles. The molecule has 1 fully saturated rings. The number of benzene rings is 2. The first-order valence-electron chi connectivity index (χ1n) is 9.12. The summed E-state index contributed by atoms with van der Waals surface area (Å²) in [6.07, 6.45) is 1.58. The smallest absolute Gasteiger partial charge is 0.119 e. The van der Waals surface area contributed by atoms with Gasteiger partial charge in [-0.25, -0.2) is 4.98 Å². The Bertz CT molecular complexity index is 1020. The van der Waals surface area contributed by atoms with Crippen molar-refractivity contribution in [2.45, 2.75) is 25.5 Å². The summed E-state index contributed by atoms with van der Waals surface area (Å²) in [5.74, 6) is 0. The molecule has 0 spiro atoms. The van der Waals surface area contributed by atoms with Crippen LogP contribution < -0.4 is 0 Å². The molecule has 2 aromatic carbocycles. The zero-order chi connectivity index (χ0) is 18.8. The second-order valence-electron chi connectivity index (χ2n) is 7.05. The van der Waals surface area contributed by atoms with Gasteiger partial charge in [0.25, 0.3) is 0 Å². The first-order valence-corrected chi connectivity index (χ1v) is 10.2. The van der Waals surface area contributed by atoms with Crippen LogP contribution in [0.25, 0.3) is 22.0 Å². The van der Waals surface area contributed by atoms with E-state index in [1.54, 1.807) is 0 Å². The van der Waals surface area contributed by atoms with Gasteiger partial charge < -0.3 is 5.11 Å². The molecule has 0 atom stereocenters. The quantitative estimate of drug-likeness (QED) is 0.458. The first kappa shape index (κ1) is 18.4. The Morgan fingerprint density at radius 2 is 1.89 bits per heavy atom. The predicted molar refractivity (Wildman–Crippen MR) is 115 cm³/mol. The van der Waals surface area contributed by atoms with E-state index in [9.17, 15) is 10.4 Å². The number of nitriles is 1. The molecule has 0 bridgehead atoms. The van der Waals surface area contributed by atoms with Gasteiger partial charge in [-0.3, -0.25) is 4.90 Å². The van der Waals surface area contributed by atoms with Crippen LogP contribution in [0.2, 0.25) is 0 Å². The topological polar surface area (TPSA) is 60.2 Å². The van der Waals surface area contributed by atoms with Crippen LogP contribution in [-0.4, -0.2) is 34.2 Å². The van der Waals surface area contributed by atoms with Crippen molar-refractivity contribution in [2.24, 2.45) is 0 Å². The van der Waals surface area contributed by atoms with Gasteiger partial charge in [0.1, 0.15) is 9.77 Å². The number of piperidine rings is 1. The highest BCUT2D eigenvalue weighted by molar-refractivity contribution is 14.1. The number of fused-ring (bicyclic) bond motifs is 1. The van der Waals surface area contributed by atoms with Crippen molar-refractivity contribution in [2.75, 3.05) is 13.1 Å². The van der Waals surface area contributed by atoms with E-state index in [0.717, 1.165) is 52.6 Å². The number of aliphatic hydroxyl groups excluding tert-OH is 1. The van der Waals surface area contributed by atoms with Crippen molar-refractivity contribution in [1.82, 2.24) is 9.88 Å². The maximum absolute atomic E-state index is 9.67. The minimum atomic E-state index is -0.137. The second kappa shape index (κ2) is 7.93. The molecule has 27 heavy (non-hydrogen) atoms. The fraction of sp³-hybridized carbons (Fsp3) is 0.273. The highest BCUT2D eigenvalue weighted by Crippen LogP contribution is 2.26. The monoisotopic (exact) mass is 469 g/mol. The minimum Gasteiger partial charge on any atom is -0.393 e. The number of hydrogen-bond acceptors (Lipinski definition) is 4. The van der Waals surface area contributed by atoms with Crippen molar-refractivity contribution in [3.8, 4) is 17.2 Å². The Balaban J connectivity index is 1.60. The Kier molecular flexibility index (Phi) is 5.39. The van der Waals surface area contributed by atoms with Crippen LogP contribution in [0.15, 0.2) is 48.5 Å². The SMILES string of the molecule is N#Cc1cc2ccc(-c3cccc(CN4CCC(O)CC4)c3)cc2nc1I. The Labute approximate surface area is 172 Å². The summed E-state index contributed by atoms with van der Waals surface area (Å²) in [6, 6.07) is 18.9. The zero-order valence-electron chi connectivity index (χ0n) is 14.9. The van der Waals surface area contributed by atoms with E-state index in [1.807, 2.05) is 12.1 Å². The van der Waals surface area contributed by atoms with Gasteiger partial charge in [0.05, 0.1) is 17.2 Å². The lowest BCUT2D eigenvalue weighted by atomic mass is 10.0. The van der Waals surface area contributed by atoms with Gasteiger partial charge in [-0.05, 0) is 70.3 Å². The van der Waals surface area contributed by atoms with Crippen LogP contribution in [0, 0.1) is 15.0 Å². The van der Waals surface area contributed by atoms with E-state index < -0.39 is 0 Å². The van der Waals surface area contributed by atoms with E-state index >= 15 is 0 Å². The van der Waals surface area contributed by atoms with Crippen molar-refractivity contribution in [3.63, 3.8) is 0 Å². The number of aliphatic hydroxyl groups is 1. The lowest BCUT2D eigenvalue weighted by Crippen LogP contribution is -2.35. The van der Waals surface area contributed by atoms with Crippen molar-refractivity contribution in [1.29, 1.82) is 5.26 Å². The molecule has 1 N–H and O–H groups in total. The molecule has 0 radical (unpaired) electrons. The van der Waals surface area contributed by atoms with Crippen molar-refractivity contribution in [3.05, 3.63) is 63.4 Å². The van der Waals surface area contributed by atoms with E-state index in [1.165, 1.54) is 11.1 Å². The summed E-state index contributed by atoms with van der Waals surface area (Å²) >= 11 is 2.12. The van der Waals surface area contributed by atoms with Crippen LogP contribution in [-0.2, 0) is 6.54 Å². The summed E-state index contributed by atoms with van der Waals surface area (Å²) in [5, 5.41) is 19.8. The molecule has 1 aliphatic heterocycles. The normalized spacial score (nSPS) is 15.7.